The zero-order valence-corrected chi connectivity index (χ0v) is 22.6. The van der Waals surface area contributed by atoms with Crippen molar-refractivity contribution in [2.75, 3.05) is 10.0 Å². The Bertz CT molecular complexity index is 1600. The van der Waals surface area contributed by atoms with Crippen molar-refractivity contribution in [3.63, 3.8) is 0 Å². The highest BCUT2D eigenvalue weighted by atomic mass is 35.5. The molecule has 0 saturated heterocycles. The molecular formula is C26H17Cl2F3N2O4S2. The van der Waals surface area contributed by atoms with E-state index in [-0.39, 0.29) is 43.5 Å². The molecule has 0 aromatic heterocycles. The molecule has 0 bridgehead atoms. The molecule has 0 fully saturated rings. The second kappa shape index (κ2) is 11.8. The van der Waals surface area contributed by atoms with Crippen molar-refractivity contribution in [1.29, 1.82) is 0 Å². The molecule has 0 atom stereocenters. The molecule has 0 aliphatic carbocycles. The van der Waals surface area contributed by atoms with Gasteiger partial charge in [0.25, 0.3) is 15.9 Å². The summed E-state index contributed by atoms with van der Waals surface area (Å²) in [6.07, 6.45) is 0. The van der Waals surface area contributed by atoms with E-state index in [1.807, 2.05) is 0 Å². The smallest absolute Gasteiger partial charge is 0.446 e. The molecule has 202 valence electrons. The van der Waals surface area contributed by atoms with Crippen molar-refractivity contribution < 1.29 is 31.1 Å². The topological polar surface area (TPSA) is 84.5 Å². The molecule has 4 rings (SSSR count). The van der Waals surface area contributed by atoms with Crippen molar-refractivity contribution >= 4 is 62.3 Å². The van der Waals surface area contributed by atoms with Gasteiger partial charge < -0.3 is 10.1 Å². The lowest BCUT2D eigenvalue weighted by Crippen LogP contribution is -2.18. The van der Waals surface area contributed by atoms with Crippen molar-refractivity contribution in [1.82, 2.24) is 0 Å². The minimum atomic E-state index is -4.44. The zero-order valence-electron chi connectivity index (χ0n) is 19.5. The standard InChI is InChI=1S/C26H17Cl2F3N2O4S2/c27-16-5-14-23(21(15-16)25(34)32-17-6-10-19(11-7-17)38-26(29,30)31)33-39(35,36)20-12-8-18(9-13-20)37-24-4-2-1-3-22(24)28/h1-15,33H,(H,32,34). The number of carbonyl (C=O) groups is 1. The lowest BCUT2D eigenvalue weighted by Gasteiger charge is -2.14. The Labute approximate surface area is 236 Å². The SMILES string of the molecule is O=C(Nc1ccc(SC(F)(F)F)cc1)c1cc(Cl)ccc1NS(=O)(=O)c1ccc(Oc2ccccc2Cl)cc1. The molecule has 0 radical (unpaired) electrons. The van der Waals surface area contributed by atoms with E-state index in [1.165, 1.54) is 66.7 Å². The summed E-state index contributed by atoms with van der Waals surface area (Å²) in [7, 11) is -4.14. The number of anilines is 2. The summed E-state index contributed by atoms with van der Waals surface area (Å²) in [5.41, 5.74) is -4.40. The number of sulfonamides is 1. The first-order valence-corrected chi connectivity index (χ1v) is 14.0. The summed E-state index contributed by atoms with van der Waals surface area (Å²) < 4.78 is 71.8. The van der Waals surface area contributed by atoms with Crippen LogP contribution in [0.15, 0.2) is 101 Å². The number of carbonyl (C=O) groups excluding carboxylic acids is 1. The molecule has 0 aliphatic heterocycles. The van der Waals surface area contributed by atoms with Crippen LogP contribution in [0.4, 0.5) is 24.5 Å². The van der Waals surface area contributed by atoms with E-state index in [1.54, 1.807) is 24.3 Å². The van der Waals surface area contributed by atoms with Crippen LogP contribution in [0.5, 0.6) is 11.5 Å². The van der Waals surface area contributed by atoms with Gasteiger partial charge in [0.1, 0.15) is 11.5 Å². The highest BCUT2D eigenvalue weighted by Gasteiger charge is 2.29. The molecule has 0 spiro atoms. The number of nitrogens with one attached hydrogen (secondary N) is 2. The van der Waals surface area contributed by atoms with Crippen LogP contribution in [-0.2, 0) is 10.0 Å². The summed E-state index contributed by atoms with van der Waals surface area (Å²) >= 11 is 11.8. The maximum absolute atomic E-state index is 13.1. The van der Waals surface area contributed by atoms with Crippen molar-refractivity contribution in [2.24, 2.45) is 0 Å². The van der Waals surface area contributed by atoms with Crippen LogP contribution in [0.2, 0.25) is 10.0 Å². The van der Waals surface area contributed by atoms with Crippen molar-refractivity contribution in [3.05, 3.63) is 107 Å². The Hall–Kier alpha value is -3.38. The quantitative estimate of drug-likeness (QED) is 0.195. The van der Waals surface area contributed by atoms with Crippen LogP contribution in [-0.4, -0.2) is 19.8 Å². The number of alkyl halides is 3. The molecule has 39 heavy (non-hydrogen) atoms. The number of benzene rings is 4. The first-order chi connectivity index (χ1) is 18.4. The van der Waals surface area contributed by atoms with E-state index in [2.05, 4.69) is 10.0 Å². The fraction of sp³-hybridized carbons (Fsp3) is 0.0385. The summed E-state index contributed by atoms with van der Waals surface area (Å²) in [5, 5.41) is 3.08. The average molecular weight is 613 g/mol. The maximum Gasteiger partial charge on any atom is 0.446 e. The minimum absolute atomic E-state index is 0.0556. The van der Waals surface area contributed by atoms with E-state index in [4.69, 9.17) is 27.9 Å². The van der Waals surface area contributed by atoms with Gasteiger partial charge in [-0.1, -0.05) is 35.3 Å². The van der Waals surface area contributed by atoms with Gasteiger partial charge in [0.05, 0.1) is 21.2 Å². The summed E-state index contributed by atoms with van der Waals surface area (Å²) in [5.74, 6) is 0.0293. The number of para-hydroxylation sites is 1. The average Bonchev–Trinajstić information content (AvgIpc) is 2.87. The minimum Gasteiger partial charge on any atom is -0.456 e. The van der Waals surface area contributed by atoms with Crippen LogP contribution in [0, 0.1) is 0 Å². The van der Waals surface area contributed by atoms with Gasteiger partial charge in [-0.05, 0) is 90.6 Å². The molecular weight excluding hydrogens is 596 g/mol. The van der Waals surface area contributed by atoms with Gasteiger partial charge in [0.15, 0.2) is 0 Å². The maximum atomic E-state index is 13.1. The Morgan fingerprint density at radius 1 is 0.872 bits per heavy atom. The van der Waals surface area contributed by atoms with Gasteiger partial charge in [-0.3, -0.25) is 9.52 Å². The predicted octanol–water partition coefficient (Wildman–Crippen LogP) is 8.45. The van der Waals surface area contributed by atoms with E-state index < -0.39 is 21.4 Å². The van der Waals surface area contributed by atoms with Crippen LogP contribution < -0.4 is 14.8 Å². The molecule has 4 aromatic rings. The number of ether oxygens (including phenoxy) is 1. The molecule has 13 heteroatoms. The largest absolute Gasteiger partial charge is 0.456 e. The molecule has 6 nitrogen and oxygen atoms in total. The van der Waals surface area contributed by atoms with Crippen molar-refractivity contribution in [3.8, 4) is 11.5 Å². The highest BCUT2D eigenvalue weighted by Crippen LogP contribution is 2.37. The third-order valence-corrected chi connectivity index (χ3v) is 7.68. The van der Waals surface area contributed by atoms with Gasteiger partial charge in [-0.25, -0.2) is 8.42 Å². The lowest BCUT2D eigenvalue weighted by molar-refractivity contribution is -0.0328. The fourth-order valence-electron chi connectivity index (χ4n) is 3.28. The first kappa shape index (κ1) is 28.6. The van der Waals surface area contributed by atoms with Gasteiger partial charge in [0.2, 0.25) is 0 Å². The number of hydrogen-bond acceptors (Lipinski definition) is 5. The van der Waals surface area contributed by atoms with Gasteiger partial charge >= 0.3 is 5.51 Å². The number of rotatable bonds is 8. The third-order valence-electron chi connectivity index (χ3n) is 5.01. The fourth-order valence-corrected chi connectivity index (χ4v) is 5.24. The third kappa shape index (κ3) is 7.82. The second-order valence-electron chi connectivity index (χ2n) is 7.83. The Kier molecular flexibility index (Phi) is 8.65. The number of halogens is 5. The van der Waals surface area contributed by atoms with E-state index in [0.717, 1.165) is 0 Å². The summed E-state index contributed by atoms with van der Waals surface area (Å²) in [6.45, 7) is 0. The molecule has 0 heterocycles. The summed E-state index contributed by atoms with van der Waals surface area (Å²) in [6, 6.07) is 21.4. The summed E-state index contributed by atoms with van der Waals surface area (Å²) in [4.78, 5) is 12.8. The van der Waals surface area contributed by atoms with E-state index in [9.17, 15) is 26.4 Å². The predicted molar refractivity (Wildman–Crippen MR) is 147 cm³/mol. The monoisotopic (exact) mass is 612 g/mol. The van der Waals surface area contributed by atoms with Crippen LogP contribution in [0.1, 0.15) is 10.4 Å². The van der Waals surface area contributed by atoms with Crippen LogP contribution in [0.25, 0.3) is 0 Å². The lowest BCUT2D eigenvalue weighted by atomic mass is 10.1. The molecule has 2 N–H and O–H groups in total. The molecule has 0 saturated carbocycles. The first-order valence-electron chi connectivity index (χ1n) is 10.9. The number of thioether (sulfide) groups is 1. The van der Waals surface area contributed by atoms with E-state index in [0.29, 0.717) is 16.5 Å². The molecule has 0 unspecified atom stereocenters. The normalized spacial score (nSPS) is 11.6. The molecule has 4 aromatic carbocycles. The van der Waals surface area contributed by atoms with Gasteiger partial charge in [-0.15, -0.1) is 0 Å². The van der Waals surface area contributed by atoms with Gasteiger partial charge in [0, 0.05) is 15.6 Å². The molecule has 0 aliphatic rings. The zero-order chi connectivity index (χ0) is 28.2. The van der Waals surface area contributed by atoms with E-state index >= 15 is 0 Å². The molecule has 1 amide bonds. The second-order valence-corrected chi connectivity index (χ2v) is 11.5. The Balaban J connectivity index is 1.50. The highest BCUT2D eigenvalue weighted by molar-refractivity contribution is 8.00. The van der Waals surface area contributed by atoms with Crippen LogP contribution in [0.3, 0.4) is 0 Å². The Morgan fingerprint density at radius 3 is 2.18 bits per heavy atom. The van der Waals surface area contributed by atoms with Crippen LogP contribution >= 0.6 is 35.0 Å². The number of hydrogen-bond donors (Lipinski definition) is 2. The van der Waals surface area contributed by atoms with Crippen molar-refractivity contribution in [2.45, 2.75) is 15.3 Å². The Morgan fingerprint density at radius 2 is 1.54 bits per heavy atom. The van der Waals surface area contributed by atoms with Gasteiger partial charge in [-0.2, -0.15) is 13.2 Å². The number of amides is 1.